The molecule has 4 aromatic rings. The van der Waals surface area contributed by atoms with Gasteiger partial charge in [-0.05, 0) is 37.6 Å². The van der Waals surface area contributed by atoms with Gasteiger partial charge in [0.15, 0.2) is 5.65 Å². The van der Waals surface area contributed by atoms with Crippen molar-refractivity contribution in [3.8, 4) is 11.4 Å². The number of benzene rings is 2. The molecule has 2 aromatic heterocycles. The van der Waals surface area contributed by atoms with Crippen LogP contribution in [0.1, 0.15) is 30.6 Å². The molecule has 2 N–H and O–H groups in total. The number of fused-ring (bicyclic) bond motifs is 2. The monoisotopic (exact) mass is 390 g/mol. The minimum absolute atomic E-state index is 0.212. The van der Waals surface area contributed by atoms with Crippen molar-refractivity contribution in [2.75, 3.05) is 12.8 Å². The van der Waals surface area contributed by atoms with E-state index in [-0.39, 0.29) is 17.5 Å². The molecule has 29 heavy (non-hydrogen) atoms. The lowest BCUT2D eigenvalue weighted by molar-refractivity contribution is 0.0338. The van der Waals surface area contributed by atoms with Crippen molar-refractivity contribution >= 4 is 34.0 Å². The molecule has 0 radical (unpaired) electrons. The first-order chi connectivity index (χ1) is 14.0. The molecule has 1 unspecified atom stereocenters. The molecule has 7 nitrogen and oxygen atoms in total. The fraction of sp³-hybridized carbons (Fsp3) is 0.227. The van der Waals surface area contributed by atoms with Gasteiger partial charge < -0.3 is 15.2 Å². The molecule has 0 amide bonds. The summed E-state index contributed by atoms with van der Waals surface area (Å²) in [4.78, 5) is 22.4. The van der Waals surface area contributed by atoms with Crippen LogP contribution in [0.15, 0.2) is 48.5 Å². The largest absolute Gasteiger partial charge is 0.495 e. The van der Waals surface area contributed by atoms with Crippen LogP contribution in [-0.4, -0.2) is 33.7 Å². The van der Waals surface area contributed by atoms with Crippen molar-refractivity contribution in [3.05, 3.63) is 54.1 Å². The van der Waals surface area contributed by atoms with Gasteiger partial charge in [-0.1, -0.05) is 31.2 Å². The molecule has 7 heteroatoms. The topological polar surface area (TPSA) is 92.3 Å². The summed E-state index contributed by atoms with van der Waals surface area (Å²) >= 11 is 0. The Morgan fingerprint density at radius 2 is 1.76 bits per heavy atom. The molecule has 0 spiro atoms. The standard InChI is InChI=1S/C22H22N4O3/c1-4-13(2)29-22(27)18-19-21(25-15-10-6-5-9-14(15)24-19)26(20(18)23)16-11-7-8-12-17(16)28-3/h5-13H,4,23H2,1-3H3. The van der Waals surface area contributed by atoms with E-state index in [0.29, 0.717) is 40.1 Å². The van der Waals surface area contributed by atoms with Crippen LogP contribution in [0, 0.1) is 0 Å². The second-order valence-corrected chi connectivity index (χ2v) is 6.78. The van der Waals surface area contributed by atoms with Gasteiger partial charge in [-0.3, -0.25) is 4.57 Å². The van der Waals surface area contributed by atoms with Gasteiger partial charge in [-0.15, -0.1) is 0 Å². The van der Waals surface area contributed by atoms with E-state index in [0.717, 1.165) is 0 Å². The van der Waals surface area contributed by atoms with Gasteiger partial charge in [0.25, 0.3) is 0 Å². The zero-order valence-corrected chi connectivity index (χ0v) is 16.5. The number of rotatable bonds is 5. The van der Waals surface area contributed by atoms with E-state index in [1.54, 1.807) is 11.7 Å². The van der Waals surface area contributed by atoms with Crippen molar-refractivity contribution in [3.63, 3.8) is 0 Å². The van der Waals surface area contributed by atoms with Crippen molar-refractivity contribution < 1.29 is 14.3 Å². The number of para-hydroxylation sites is 4. The molecular weight excluding hydrogens is 368 g/mol. The van der Waals surface area contributed by atoms with Crippen molar-refractivity contribution in [1.29, 1.82) is 0 Å². The quantitative estimate of drug-likeness (QED) is 0.515. The number of methoxy groups -OCH3 is 1. The summed E-state index contributed by atoms with van der Waals surface area (Å²) in [7, 11) is 1.58. The molecule has 0 saturated carbocycles. The lowest BCUT2D eigenvalue weighted by Gasteiger charge is -2.13. The Morgan fingerprint density at radius 3 is 2.45 bits per heavy atom. The number of aromatic nitrogens is 3. The summed E-state index contributed by atoms with van der Waals surface area (Å²) in [6, 6.07) is 14.9. The van der Waals surface area contributed by atoms with Crippen LogP contribution in [0.4, 0.5) is 5.82 Å². The van der Waals surface area contributed by atoms with Crippen LogP contribution >= 0.6 is 0 Å². The summed E-state index contributed by atoms with van der Waals surface area (Å²) in [5.74, 6) is 0.307. The van der Waals surface area contributed by atoms with E-state index < -0.39 is 5.97 Å². The number of nitrogen functional groups attached to an aromatic ring is 1. The van der Waals surface area contributed by atoms with E-state index in [2.05, 4.69) is 4.98 Å². The molecule has 2 heterocycles. The predicted octanol–water partition coefficient (Wildman–Crippen LogP) is 4.12. The summed E-state index contributed by atoms with van der Waals surface area (Å²) in [5.41, 5.74) is 9.62. The number of ether oxygens (including phenoxy) is 2. The number of anilines is 1. The highest BCUT2D eigenvalue weighted by molar-refractivity contribution is 6.09. The Labute approximate surface area is 168 Å². The second kappa shape index (κ2) is 7.43. The van der Waals surface area contributed by atoms with Crippen molar-refractivity contribution in [2.45, 2.75) is 26.4 Å². The van der Waals surface area contributed by atoms with Crippen LogP contribution in [0.2, 0.25) is 0 Å². The lowest BCUT2D eigenvalue weighted by Crippen LogP contribution is -2.15. The van der Waals surface area contributed by atoms with E-state index in [9.17, 15) is 4.79 Å². The van der Waals surface area contributed by atoms with Gasteiger partial charge in [-0.25, -0.2) is 14.8 Å². The summed E-state index contributed by atoms with van der Waals surface area (Å²) in [5, 5.41) is 0. The molecule has 0 fully saturated rings. The highest BCUT2D eigenvalue weighted by Crippen LogP contribution is 2.34. The fourth-order valence-corrected chi connectivity index (χ4v) is 3.25. The van der Waals surface area contributed by atoms with Gasteiger partial charge in [0.05, 0.1) is 29.9 Å². The van der Waals surface area contributed by atoms with Crippen LogP contribution in [-0.2, 0) is 4.74 Å². The van der Waals surface area contributed by atoms with E-state index in [1.165, 1.54) is 0 Å². The Kier molecular flexibility index (Phi) is 4.80. The maximum atomic E-state index is 13.0. The second-order valence-electron chi connectivity index (χ2n) is 6.78. The molecule has 0 aliphatic rings. The lowest BCUT2D eigenvalue weighted by atomic mass is 10.2. The van der Waals surface area contributed by atoms with Crippen LogP contribution in [0.5, 0.6) is 5.75 Å². The van der Waals surface area contributed by atoms with E-state index in [1.807, 2.05) is 62.4 Å². The first-order valence-electron chi connectivity index (χ1n) is 9.46. The molecule has 0 aliphatic heterocycles. The molecule has 1 atom stereocenters. The molecule has 0 bridgehead atoms. The SMILES string of the molecule is CCC(C)OC(=O)c1c(N)n(-c2ccccc2OC)c2nc3ccccc3nc12. The number of nitrogens with two attached hydrogens (primary N) is 1. The maximum Gasteiger partial charge on any atom is 0.344 e. The third kappa shape index (κ3) is 3.14. The van der Waals surface area contributed by atoms with Gasteiger partial charge in [0.1, 0.15) is 22.6 Å². The highest BCUT2D eigenvalue weighted by atomic mass is 16.5. The normalized spacial score (nSPS) is 12.2. The molecule has 0 saturated heterocycles. The highest BCUT2D eigenvalue weighted by Gasteiger charge is 2.27. The zero-order chi connectivity index (χ0) is 20.5. The van der Waals surface area contributed by atoms with E-state index >= 15 is 0 Å². The van der Waals surface area contributed by atoms with Crippen LogP contribution < -0.4 is 10.5 Å². The van der Waals surface area contributed by atoms with Gasteiger partial charge >= 0.3 is 5.97 Å². The fourth-order valence-electron chi connectivity index (χ4n) is 3.25. The molecule has 2 aromatic carbocycles. The van der Waals surface area contributed by atoms with Gasteiger partial charge in [0.2, 0.25) is 0 Å². The molecular formula is C22H22N4O3. The maximum absolute atomic E-state index is 13.0. The summed E-state index contributed by atoms with van der Waals surface area (Å²) < 4.78 is 12.8. The number of esters is 1. The summed E-state index contributed by atoms with van der Waals surface area (Å²) in [6.07, 6.45) is 0.464. The number of carbonyl (C=O) groups is 1. The van der Waals surface area contributed by atoms with E-state index in [4.69, 9.17) is 20.2 Å². The van der Waals surface area contributed by atoms with Crippen LogP contribution in [0.25, 0.3) is 27.9 Å². The first-order valence-corrected chi connectivity index (χ1v) is 9.46. The van der Waals surface area contributed by atoms with Gasteiger partial charge in [-0.2, -0.15) is 0 Å². The Balaban J connectivity index is 2.06. The summed E-state index contributed by atoms with van der Waals surface area (Å²) in [6.45, 7) is 3.79. The number of nitrogens with zero attached hydrogens (tertiary/aromatic N) is 3. The number of hydrogen-bond donors (Lipinski definition) is 1. The third-order valence-electron chi connectivity index (χ3n) is 4.91. The number of hydrogen-bond acceptors (Lipinski definition) is 6. The third-order valence-corrected chi connectivity index (χ3v) is 4.91. The number of carbonyl (C=O) groups excluding carboxylic acids is 1. The Bertz CT molecular complexity index is 1220. The average molecular weight is 390 g/mol. The molecule has 4 rings (SSSR count). The van der Waals surface area contributed by atoms with Gasteiger partial charge in [0, 0.05) is 0 Å². The van der Waals surface area contributed by atoms with Crippen LogP contribution in [0.3, 0.4) is 0 Å². The minimum atomic E-state index is -0.514. The smallest absolute Gasteiger partial charge is 0.344 e. The van der Waals surface area contributed by atoms with Crippen molar-refractivity contribution in [1.82, 2.24) is 14.5 Å². The zero-order valence-electron chi connectivity index (χ0n) is 16.5. The van der Waals surface area contributed by atoms with Crippen molar-refractivity contribution in [2.24, 2.45) is 0 Å². The predicted molar refractivity (Wildman–Crippen MR) is 113 cm³/mol. The molecule has 148 valence electrons. The average Bonchev–Trinajstić information content (AvgIpc) is 3.02. The Morgan fingerprint density at radius 1 is 1.10 bits per heavy atom. The first kappa shape index (κ1) is 18.7. The minimum Gasteiger partial charge on any atom is -0.495 e. The molecule has 0 aliphatic carbocycles. The Hall–Kier alpha value is -3.61.